The van der Waals surface area contributed by atoms with E-state index in [4.69, 9.17) is 16.6 Å². The monoisotopic (exact) mass is 578 g/mol. The van der Waals surface area contributed by atoms with Gasteiger partial charge in [0, 0.05) is 36.9 Å². The van der Waals surface area contributed by atoms with Crippen molar-refractivity contribution in [2.75, 3.05) is 18.0 Å². The van der Waals surface area contributed by atoms with Crippen LogP contribution >= 0.6 is 11.6 Å². The molecule has 1 aliphatic heterocycles. The summed E-state index contributed by atoms with van der Waals surface area (Å²) in [5, 5.41) is 10.3. The molecule has 214 valence electrons. The van der Waals surface area contributed by atoms with E-state index in [1.165, 1.54) is 15.5 Å². The van der Waals surface area contributed by atoms with Crippen molar-refractivity contribution in [1.82, 2.24) is 24.4 Å². The van der Waals surface area contributed by atoms with E-state index in [2.05, 4.69) is 9.97 Å². The third-order valence-electron chi connectivity index (χ3n) is 7.61. The first-order valence-corrected chi connectivity index (χ1v) is 13.9. The van der Waals surface area contributed by atoms with E-state index >= 15 is 4.39 Å². The second-order valence-corrected chi connectivity index (χ2v) is 11.4. The van der Waals surface area contributed by atoms with Gasteiger partial charge in [-0.3, -0.25) is 4.98 Å². The zero-order valence-electron chi connectivity index (χ0n) is 23.8. The molecule has 0 bridgehead atoms. The maximum absolute atomic E-state index is 15.1. The van der Waals surface area contributed by atoms with Gasteiger partial charge in [-0.1, -0.05) is 37.1 Å². The summed E-state index contributed by atoms with van der Waals surface area (Å²) in [7, 11) is 0. The number of rotatable bonds is 4. The van der Waals surface area contributed by atoms with Gasteiger partial charge in [0.2, 0.25) is 0 Å². The van der Waals surface area contributed by atoms with Crippen molar-refractivity contribution in [1.29, 1.82) is 0 Å². The second-order valence-electron chi connectivity index (χ2n) is 11.0. The summed E-state index contributed by atoms with van der Waals surface area (Å²) in [5.74, 6) is -0.151. The number of aryl methyl sites for hydroxylation is 2. The van der Waals surface area contributed by atoms with Gasteiger partial charge in [0.1, 0.15) is 11.6 Å². The highest BCUT2D eigenvalue weighted by atomic mass is 35.5. The maximum atomic E-state index is 15.1. The van der Waals surface area contributed by atoms with Crippen LogP contribution in [0.25, 0.3) is 28.0 Å². The Balaban J connectivity index is 1.86. The molecule has 1 aromatic carbocycles. The number of aromatic nitrogens is 4. The predicted octanol–water partition coefficient (Wildman–Crippen LogP) is 5.95. The van der Waals surface area contributed by atoms with Crippen molar-refractivity contribution >= 4 is 34.5 Å². The van der Waals surface area contributed by atoms with Crippen molar-refractivity contribution in [2.45, 2.75) is 59.5 Å². The predicted molar refractivity (Wildman–Crippen MR) is 158 cm³/mol. The third-order valence-corrected chi connectivity index (χ3v) is 7.90. The molecule has 9 nitrogen and oxygen atoms in total. The summed E-state index contributed by atoms with van der Waals surface area (Å²) in [6.45, 7) is 12.0. The number of anilines is 1. The number of fused-ring (bicyclic) bond motifs is 1. The fraction of sp³-hybridized carbons (Fsp3) is 0.367. The van der Waals surface area contributed by atoms with E-state index < -0.39 is 17.6 Å². The van der Waals surface area contributed by atoms with Gasteiger partial charge in [-0.05, 0) is 63.4 Å². The van der Waals surface area contributed by atoms with Gasteiger partial charge < -0.3 is 14.9 Å². The Morgan fingerprint density at radius 3 is 2.51 bits per heavy atom. The fourth-order valence-corrected chi connectivity index (χ4v) is 5.76. The smallest absolute Gasteiger partial charge is 0.407 e. The molecule has 4 heterocycles. The van der Waals surface area contributed by atoms with Gasteiger partial charge in [-0.2, -0.15) is 4.98 Å². The fourth-order valence-electron chi connectivity index (χ4n) is 5.51. The van der Waals surface area contributed by atoms with Crippen LogP contribution in [0.15, 0.2) is 41.3 Å². The van der Waals surface area contributed by atoms with Crippen molar-refractivity contribution in [3.8, 4) is 16.9 Å². The minimum Gasteiger partial charge on any atom is -0.465 e. The summed E-state index contributed by atoms with van der Waals surface area (Å²) >= 11 is 6.79. The molecule has 1 fully saturated rings. The lowest BCUT2D eigenvalue weighted by atomic mass is 10.0. The molecule has 0 spiro atoms. The molecule has 0 aliphatic carbocycles. The zero-order valence-corrected chi connectivity index (χ0v) is 24.6. The van der Waals surface area contributed by atoms with Gasteiger partial charge in [0.25, 0.3) is 0 Å². The van der Waals surface area contributed by atoms with E-state index in [1.54, 1.807) is 24.4 Å². The van der Waals surface area contributed by atoms with Crippen LogP contribution in [0.3, 0.4) is 0 Å². The number of carbonyl (C=O) groups is 1. The van der Waals surface area contributed by atoms with E-state index in [9.17, 15) is 14.7 Å². The Hall–Kier alpha value is -4.05. The number of nitrogens with zero attached hydrogens (tertiary/aromatic N) is 6. The molecule has 5 rings (SSSR count). The van der Waals surface area contributed by atoms with Crippen molar-refractivity contribution in [3.63, 3.8) is 0 Å². The Morgan fingerprint density at radius 1 is 1.10 bits per heavy atom. The number of hydrogen-bond acceptors (Lipinski definition) is 6. The third kappa shape index (κ3) is 5.01. The minimum atomic E-state index is -1.000. The molecular weight excluding hydrogens is 547 g/mol. The highest BCUT2D eigenvalue weighted by Crippen LogP contribution is 2.36. The summed E-state index contributed by atoms with van der Waals surface area (Å²) in [6.07, 6.45) is 0.700. The standard InChI is InChI=1S/C30H32ClFN6O3/c1-15(2)24-26(17(4)9-10-33-24)38-28-21(12-22(31)25(34-28)20-11-16(3)7-8-23(20)32)27(35-29(38)39)36-13-19(6)37(30(40)41)14-18(36)5/h7-12,15,18-19H,13-14H2,1-6H3,(H,40,41)/t18-,19+/m0/s1. The van der Waals surface area contributed by atoms with Crippen molar-refractivity contribution < 1.29 is 14.3 Å². The number of amides is 1. The lowest BCUT2D eigenvalue weighted by molar-refractivity contribution is 0.114. The molecule has 1 saturated heterocycles. The van der Waals surface area contributed by atoms with Gasteiger partial charge in [0.05, 0.1) is 27.5 Å². The average Bonchev–Trinajstić information content (AvgIpc) is 2.91. The number of carboxylic acid groups (broad SMARTS) is 1. The van der Waals surface area contributed by atoms with Crippen LogP contribution in [0.4, 0.5) is 15.0 Å². The molecule has 0 saturated carbocycles. The first-order valence-electron chi connectivity index (χ1n) is 13.5. The molecule has 41 heavy (non-hydrogen) atoms. The zero-order chi connectivity index (χ0) is 29.7. The van der Waals surface area contributed by atoms with Crippen LogP contribution in [0.5, 0.6) is 0 Å². The summed E-state index contributed by atoms with van der Waals surface area (Å²) < 4.78 is 16.5. The second kappa shape index (κ2) is 10.7. The molecule has 2 atom stereocenters. The first-order chi connectivity index (χ1) is 19.4. The van der Waals surface area contributed by atoms with E-state index in [-0.39, 0.29) is 46.5 Å². The first kappa shape index (κ1) is 28.5. The molecule has 3 aromatic heterocycles. The normalized spacial score (nSPS) is 17.5. The van der Waals surface area contributed by atoms with Crippen molar-refractivity contribution in [3.05, 3.63) is 74.7 Å². The molecule has 1 amide bonds. The lowest BCUT2D eigenvalue weighted by Crippen LogP contribution is -2.58. The molecule has 4 aromatic rings. The van der Waals surface area contributed by atoms with E-state index in [0.29, 0.717) is 29.1 Å². The number of hydrogen-bond donors (Lipinski definition) is 1. The number of halogens is 2. The quantitative estimate of drug-likeness (QED) is 0.319. The lowest BCUT2D eigenvalue weighted by Gasteiger charge is -2.43. The Morgan fingerprint density at radius 2 is 1.83 bits per heavy atom. The summed E-state index contributed by atoms with van der Waals surface area (Å²) in [5.41, 5.74) is 3.01. The molecule has 1 N–H and O–H groups in total. The van der Waals surface area contributed by atoms with E-state index in [0.717, 1.165) is 11.1 Å². The van der Waals surface area contributed by atoms with Crippen molar-refractivity contribution in [2.24, 2.45) is 0 Å². The van der Waals surface area contributed by atoms with Gasteiger partial charge in [0.15, 0.2) is 5.65 Å². The molecular formula is C30H32ClFN6O3. The van der Waals surface area contributed by atoms with Crippen LogP contribution in [0.1, 0.15) is 50.4 Å². The van der Waals surface area contributed by atoms with Gasteiger partial charge in [-0.15, -0.1) is 0 Å². The highest BCUT2D eigenvalue weighted by Gasteiger charge is 2.34. The van der Waals surface area contributed by atoms with Crippen LogP contribution in [0, 0.1) is 19.7 Å². The SMILES string of the molecule is Cc1ccc(F)c(-c2nc3c(cc2Cl)c(N2C[C@@H](C)N(C(=O)O)C[C@@H]2C)nc(=O)n3-c2c(C)ccnc2C(C)C)c1. The van der Waals surface area contributed by atoms with Gasteiger partial charge in [-0.25, -0.2) is 23.5 Å². The maximum Gasteiger partial charge on any atom is 0.407 e. The number of piperazine rings is 1. The molecule has 0 radical (unpaired) electrons. The molecule has 1 aliphatic rings. The Labute approximate surface area is 242 Å². The molecule has 0 unspecified atom stereocenters. The number of pyridine rings is 2. The number of benzene rings is 1. The minimum absolute atomic E-state index is 0.0162. The molecule has 11 heteroatoms. The van der Waals surface area contributed by atoms with Gasteiger partial charge >= 0.3 is 11.8 Å². The summed E-state index contributed by atoms with van der Waals surface area (Å²) in [6, 6.07) is 7.56. The average molecular weight is 579 g/mol. The van der Waals surface area contributed by atoms with Crippen LogP contribution in [-0.2, 0) is 0 Å². The highest BCUT2D eigenvalue weighted by molar-refractivity contribution is 6.33. The summed E-state index contributed by atoms with van der Waals surface area (Å²) in [4.78, 5) is 43.0. The topological polar surface area (TPSA) is 104 Å². The Kier molecular flexibility index (Phi) is 7.46. The van der Waals surface area contributed by atoms with E-state index in [1.807, 2.05) is 52.5 Å². The van der Waals surface area contributed by atoms with Crippen LogP contribution < -0.4 is 10.6 Å². The van der Waals surface area contributed by atoms with Crippen LogP contribution in [0.2, 0.25) is 5.02 Å². The van der Waals surface area contributed by atoms with Crippen LogP contribution in [-0.4, -0.2) is 60.8 Å². The Bertz CT molecular complexity index is 1740. The largest absolute Gasteiger partial charge is 0.465 e.